The Morgan fingerprint density at radius 1 is 1.38 bits per heavy atom. The maximum Gasteiger partial charge on any atom is 0.0587 e. The van der Waals surface area contributed by atoms with Gasteiger partial charge in [0.2, 0.25) is 0 Å². The average molecular weight is 185 g/mol. The summed E-state index contributed by atoms with van der Waals surface area (Å²) in [5.41, 5.74) is 0. The maximum atomic E-state index is 4.97. The minimum Gasteiger partial charge on any atom is -0.383 e. The van der Waals surface area contributed by atoms with Crippen molar-refractivity contribution in [1.29, 1.82) is 0 Å². The zero-order chi connectivity index (χ0) is 9.68. The van der Waals surface area contributed by atoms with Crippen molar-refractivity contribution in [2.75, 3.05) is 26.8 Å². The fourth-order valence-electron chi connectivity index (χ4n) is 1.92. The molecule has 0 radical (unpaired) electrons. The molecular formula is C11H23NO. The lowest BCUT2D eigenvalue weighted by molar-refractivity contribution is 0.199. The van der Waals surface area contributed by atoms with Gasteiger partial charge in [0.05, 0.1) is 6.61 Å². The van der Waals surface area contributed by atoms with E-state index in [9.17, 15) is 0 Å². The molecule has 1 rings (SSSR count). The largest absolute Gasteiger partial charge is 0.383 e. The van der Waals surface area contributed by atoms with Crippen molar-refractivity contribution in [2.24, 2.45) is 17.8 Å². The van der Waals surface area contributed by atoms with Crippen LogP contribution in [0.25, 0.3) is 0 Å². The quantitative estimate of drug-likeness (QED) is 0.612. The Balaban J connectivity index is 1.89. The van der Waals surface area contributed by atoms with Crippen LogP contribution in [0.3, 0.4) is 0 Å². The maximum absolute atomic E-state index is 4.97. The van der Waals surface area contributed by atoms with Crippen LogP contribution >= 0.6 is 0 Å². The minimum atomic E-state index is 0.835. The van der Waals surface area contributed by atoms with E-state index >= 15 is 0 Å². The van der Waals surface area contributed by atoms with Gasteiger partial charge in [-0.05, 0) is 37.1 Å². The van der Waals surface area contributed by atoms with Crippen molar-refractivity contribution in [3.05, 3.63) is 0 Å². The summed E-state index contributed by atoms with van der Waals surface area (Å²) in [5, 5.41) is 3.43. The first-order valence-corrected chi connectivity index (χ1v) is 5.43. The summed E-state index contributed by atoms with van der Waals surface area (Å²) in [5.74, 6) is 2.84. The van der Waals surface area contributed by atoms with Crippen LogP contribution in [-0.4, -0.2) is 26.8 Å². The summed E-state index contributed by atoms with van der Waals surface area (Å²) >= 11 is 0. The Kier molecular flexibility index (Phi) is 4.74. The fraction of sp³-hybridized carbons (Fsp3) is 1.00. The third-order valence-corrected chi connectivity index (χ3v) is 2.73. The van der Waals surface area contributed by atoms with Gasteiger partial charge >= 0.3 is 0 Å². The molecule has 0 aliphatic heterocycles. The van der Waals surface area contributed by atoms with Gasteiger partial charge in [-0.25, -0.2) is 0 Å². The zero-order valence-corrected chi connectivity index (χ0v) is 9.18. The summed E-state index contributed by atoms with van der Waals surface area (Å²) in [7, 11) is 1.75. The third kappa shape index (κ3) is 4.63. The molecule has 0 aromatic rings. The molecule has 0 bridgehead atoms. The standard InChI is InChI=1S/C11H23NO/c1-9(2)6-10-7-11(10)8-12-4-5-13-3/h9-12H,4-8H2,1-3H3. The predicted octanol–water partition coefficient (Wildman–Crippen LogP) is 1.90. The molecule has 1 aliphatic rings. The molecule has 0 aromatic heterocycles. The van der Waals surface area contributed by atoms with Crippen LogP contribution in [0.2, 0.25) is 0 Å². The third-order valence-electron chi connectivity index (χ3n) is 2.73. The Morgan fingerprint density at radius 2 is 2.15 bits per heavy atom. The minimum absolute atomic E-state index is 0.835. The molecule has 78 valence electrons. The molecule has 1 N–H and O–H groups in total. The summed E-state index contributed by atoms with van der Waals surface area (Å²) in [4.78, 5) is 0. The highest BCUT2D eigenvalue weighted by molar-refractivity contribution is 4.88. The van der Waals surface area contributed by atoms with Gasteiger partial charge < -0.3 is 10.1 Å². The Morgan fingerprint density at radius 3 is 2.77 bits per heavy atom. The molecule has 0 aromatic carbocycles. The number of hydrogen-bond acceptors (Lipinski definition) is 2. The highest BCUT2D eigenvalue weighted by atomic mass is 16.5. The van der Waals surface area contributed by atoms with Crippen LogP contribution in [0, 0.1) is 17.8 Å². The first-order chi connectivity index (χ1) is 6.24. The number of nitrogens with one attached hydrogen (secondary N) is 1. The summed E-state index contributed by atoms with van der Waals surface area (Å²) in [6, 6.07) is 0. The van der Waals surface area contributed by atoms with E-state index in [0.29, 0.717) is 0 Å². The van der Waals surface area contributed by atoms with Crippen LogP contribution in [0.4, 0.5) is 0 Å². The number of rotatable bonds is 7. The summed E-state index contributed by atoms with van der Waals surface area (Å²) in [6.45, 7) is 7.66. The van der Waals surface area contributed by atoms with E-state index in [0.717, 1.165) is 30.9 Å². The van der Waals surface area contributed by atoms with Crippen molar-refractivity contribution < 1.29 is 4.74 Å². The highest BCUT2D eigenvalue weighted by Gasteiger charge is 2.36. The van der Waals surface area contributed by atoms with Crippen LogP contribution in [0.5, 0.6) is 0 Å². The van der Waals surface area contributed by atoms with E-state index in [4.69, 9.17) is 4.74 Å². The van der Waals surface area contributed by atoms with Crippen molar-refractivity contribution in [3.63, 3.8) is 0 Å². The SMILES string of the molecule is COCCNCC1CC1CC(C)C. The lowest BCUT2D eigenvalue weighted by Crippen LogP contribution is -2.22. The lowest BCUT2D eigenvalue weighted by atomic mass is 10.1. The van der Waals surface area contributed by atoms with E-state index in [-0.39, 0.29) is 0 Å². The predicted molar refractivity (Wildman–Crippen MR) is 55.8 cm³/mol. The van der Waals surface area contributed by atoms with Crippen molar-refractivity contribution >= 4 is 0 Å². The van der Waals surface area contributed by atoms with Gasteiger partial charge in [0.1, 0.15) is 0 Å². The van der Waals surface area contributed by atoms with Gasteiger partial charge in [0.15, 0.2) is 0 Å². The van der Waals surface area contributed by atoms with Crippen LogP contribution < -0.4 is 5.32 Å². The lowest BCUT2D eigenvalue weighted by Gasteiger charge is -2.04. The molecular weight excluding hydrogens is 162 g/mol. The van der Waals surface area contributed by atoms with E-state index in [1.165, 1.54) is 19.4 Å². The van der Waals surface area contributed by atoms with E-state index in [1.54, 1.807) is 7.11 Å². The number of methoxy groups -OCH3 is 1. The second-order valence-corrected chi connectivity index (χ2v) is 4.58. The van der Waals surface area contributed by atoms with Gasteiger partial charge in [0, 0.05) is 13.7 Å². The van der Waals surface area contributed by atoms with E-state index in [2.05, 4.69) is 19.2 Å². The van der Waals surface area contributed by atoms with Crippen LogP contribution in [0.15, 0.2) is 0 Å². The average Bonchev–Trinajstić information content (AvgIpc) is 2.76. The molecule has 2 atom stereocenters. The molecule has 2 unspecified atom stereocenters. The molecule has 13 heavy (non-hydrogen) atoms. The van der Waals surface area contributed by atoms with E-state index < -0.39 is 0 Å². The van der Waals surface area contributed by atoms with Gasteiger partial charge in [0.25, 0.3) is 0 Å². The second-order valence-electron chi connectivity index (χ2n) is 4.58. The van der Waals surface area contributed by atoms with Crippen LogP contribution in [-0.2, 0) is 4.74 Å². The van der Waals surface area contributed by atoms with Gasteiger partial charge in [-0.3, -0.25) is 0 Å². The molecule has 0 heterocycles. The highest BCUT2D eigenvalue weighted by Crippen LogP contribution is 2.42. The van der Waals surface area contributed by atoms with Crippen molar-refractivity contribution in [3.8, 4) is 0 Å². The summed E-state index contributed by atoms with van der Waals surface area (Å²) in [6.07, 6.45) is 2.86. The molecule has 1 aliphatic carbocycles. The fourth-order valence-corrected chi connectivity index (χ4v) is 1.92. The van der Waals surface area contributed by atoms with Gasteiger partial charge in [-0.2, -0.15) is 0 Å². The van der Waals surface area contributed by atoms with Gasteiger partial charge in [-0.1, -0.05) is 13.8 Å². The van der Waals surface area contributed by atoms with E-state index in [1.807, 2.05) is 0 Å². The Labute approximate surface area is 82.0 Å². The first-order valence-electron chi connectivity index (χ1n) is 5.43. The zero-order valence-electron chi connectivity index (χ0n) is 9.18. The molecule has 0 spiro atoms. The topological polar surface area (TPSA) is 21.3 Å². The molecule has 2 heteroatoms. The second kappa shape index (κ2) is 5.61. The first kappa shape index (κ1) is 11.0. The number of hydrogen-bond donors (Lipinski definition) is 1. The normalized spacial score (nSPS) is 26.8. The van der Waals surface area contributed by atoms with Crippen molar-refractivity contribution in [2.45, 2.75) is 26.7 Å². The number of ether oxygens (including phenoxy) is 1. The van der Waals surface area contributed by atoms with Crippen LogP contribution in [0.1, 0.15) is 26.7 Å². The molecule has 0 amide bonds. The molecule has 2 nitrogen and oxygen atoms in total. The van der Waals surface area contributed by atoms with Gasteiger partial charge in [-0.15, -0.1) is 0 Å². The monoisotopic (exact) mass is 185 g/mol. The Bertz CT molecular complexity index is 136. The molecule has 0 saturated heterocycles. The smallest absolute Gasteiger partial charge is 0.0587 e. The summed E-state index contributed by atoms with van der Waals surface area (Å²) < 4.78 is 4.97. The van der Waals surface area contributed by atoms with Crippen molar-refractivity contribution in [1.82, 2.24) is 5.32 Å². The Hall–Kier alpha value is -0.0800. The molecule has 1 saturated carbocycles. The molecule has 1 fully saturated rings.